The fraction of sp³-hybridized carbons (Fsp3) is 0.333. The van der Waals surface area contributed by atoms with Gasteiger partial charge in [0.15, 0.2) is 0 Å². The standard InChI is InChI=1S/C15H20N4O4S/c1-9-5-10(2)18-14(20)12(9)7-17-15(21)13-6-11(8-19(13)4)24(22,23)16-3/h5-6,8,16H,7H2,1-4H3,(H,17,21)(H,18,20). The lowest BCUT2D eigenvalue weighted by atomic mass is 10.1. The molecule has 3 N–H and O–H groups in total. The minimum Gasteiger partial charge on any atom is -0.346 e. The Bertz CT molecular complexity index is 941. The van der Waals surface area contributed by atoms with Crippen molar-refractivity contribution in [1.82, 2.24) is 19.6 Å². The summed E-state index contributed by atoms with van der Waals surface area (Å²) in [6.07, 6.45) is 1.35. The van der Waals surface area contributed by atoms with E-state index in [4.69, 9.17) is 0 Å². The Labute approximate surface area is 140 Å². The number of carbonyl (C=O) groups is 1. The van der Waals surface area contributed by atoms with Crippen LogP contribution in [-0.2, 0) is 23.6 Å². The summed E-state index contributed by atoms with van der Waals surface area (Å²) in [6, 6.07) is 3.11. The molecular formula is C15H20N4O4S. The molecule has 0 saturated heterocycles. The largest absolute Gasteiger partial charge is 0.346 e. The summed E-state index contributed by atoms with van der Waals surface area (Å²) in [5.41, 5.74) is 1.92. The van der Waals surface area contributed by atoms with E-state index in [1.807, 2.05) is 6.07 Å². The first-order valence-electron chi connectivity index (χ1n) is 7.23. The fourth-order valence-electron chi connectivity index (χ4n) is 2.39. The van der Waals surface area contributed by atoms with E-state index in [9.17, 15) is 18.0 Å². The lowest BCUT2D eigenvalue weighted by Crippen LogP contribution is -2.29. The van der Waals surface area contributed by atoms with Crippen molar-refractivity contribution in [3.63, 3.8) is 0 Å². The van der Waals surface area contributed by atoms with Crippen molar-refractivity contribution in [2.45, 2.75) is 25.3 Å². The number of hydrogen-bond donors (Lipinski definition) is 3. The zero-order valence-corrected chi connectivity index (χ0v) is 14.7. The number of pyridine rings is 1. The van der Waals surface area contributed by atoms with Gasteiger partial charge < -0.3 is 14.9 Å². The lowest BCUT2D eigenvalue weighted by Gasteiger charge is -2.08. The number of nitrogens with zero attached hydrogens (tertiary/aromatic N) is 1. The summed E-state index contributed by atoms with van der Waals surface area (Å²) in [4.78, 5) is 26.9. The van der Waals surface area contributed by atoms with Gasteiger partial charge in [-0.15, -0.1) is 0 Å². The Morgan fingerprint density at radius 3 is 2.54 bits per heavy atom. The van der Waals surface area contributed by atoms with Crippen molar-refractivity contribution in [3.8, 4) is 0 Å². The zero-order valence-electron chi connectivity index (χ0n) is 13.9. The number of hydrogen-bond acceptors (Lipinski definition) is 4. The van der Waals surface area contributed by atoms with Crippen LogP contribution in [0.5, 0.6) is 0 Å². The summed E-state index contributed by atoms with van der Waals surface area (Å²) >= 11 is 0. The van der Waals surface area contributed by atoms with Crippen molar-refractivity contribution >= 4 is 15.9 Å². The summed E-state index contributed by atoms with van der Waals surface area (Å²) in [5, 5.41) is 2.64. The van der Waals surface area contributed by atoms with Gasteiger partial charge in [-0.3, -0.25) is 9.59 Å². The van der Waals surface area contributed by atoms with Crippen molar-refractivity contribution < 1.29 is 13.2 Å². The highest BCUT2D eigenvalue weighted by molar-refractivity contribution is 7.89. The predicted octanol–water partition coefficient (Wildman–Crippen LogP) is 0.168. The monoisotopic (exact) mass is 352 g/mol. The molecule has 0 saturated carbocycles. The smallest absolute Gasteiger partial charge is 0.268 e. The predicted molar refractivity (Wildman–Crippen MR) is 89.4 cm³/mol. The fourth-order valence-corrected chi connectivity index (χ4v) is 3.18. The highest BCUT2D eigenvalue weighted by Gasteiger charge is 2.19. The second kappa shape index (κ2) is 6.62. The average molecular weight is 352 g/mol. The van der Waals surface area contributed by atoms with Crippen LogP contribution in [0.25, 0.3) is 0 Å². The van der Waals surface area contributed by atoms with Crippen LogP contribution in [-0.4, -0.2) is 30.9 Å². The van der Waals surface area contributed by atoms with E-state index in [1.165, 1.54) is 23.9 Å². The highest BCUT2D eigenvalue weighted by Crippen LogP contribution is 2.13. The molecule has 0 atom stereocenters. The number of carbonyl (C=O) groups excluding carboxylic acids is 1. The van der Waals surface area contributed by atoms with Crippen LogP contribution in [0, 0.1) is 13.8 Å². The molecule has 130 valence electrons. The molecule has 2 heterocycles. The molecule has 0 fully saturated rings. The van der Waals surface area contributed by atoms with Crippen LogP contribution in [0.4, 0.5) is 0 Å². The van der Waals surface area contributed by atoms with E-state index >= 15 is 0 Å². The third-order valence-corrected chi connectivity index (χ3v) is 5.09. The minimum absolute atomic E-state index is 0.00186. The summed E-state index contributed by atoms with van der Waals surface area (Å²) < 4.78 is 27.2. The average Bonchev–Trinajstić information content (AvgIpc) is 2.88. The maximum Gasteiger partial charge on any atom is 0.268 e. The van der Waals surface area contributed by atoms with E-state index in [0.717, 1.165) is 11.3 Å². The minimum atomic E-state index is -3.62. The molecule has 0 aliphatic carbocycles. The van der Waals surface area contributed by atoms with Gasteiger partial charge in [0.05, 0.1) is 0 Å². The van der Waals surface area contributed by atoms with Crippen molar-refractivity contribution in [1.29, 1.82) is 0 Å². The van der Waals surface area contributed by atoms with Crippen LogP contribution in [0.2, 0.25) is 0 Å². The Morgan fingerprint density at radius 2 is 1.96 bits per heavy atom. The van der Waals surface area contributed by atoms with Crippen LogP contribution in [0.3, 0.4) is 0 Å². The van der Waals surface area contributed by atoms with Gasteiger partial charge in [-0.2, -0.15) is 0 Å². The van der Waals surface area contributed by atoms with Gasteiger partial charge in [0.25, 0.3) is 11.5 Å². The highest BCUT2D eigenvalue weighted by atomic mass is 32.2. The Hall–Kier alpha value is -2.39. The number of rotatable bonds is 5. The van der Waals surface area contributed by atoms with E-state index in [1.54, 1.807) is 20.9 Å². The maximum absolute atomic E-state index is 12.3. The Balaban J connectivity index is 2.22. The van der Waals surface area contributed by atoms with Crippen molar-refractivity contribution in [3.05, 3.63) is 51.2 Å². The number of aromatic nitrogens is 2. The maximum atomic E-state index is 12.3. The number of aromatic amines is 1. The van der Waals surface area contributed by atoms with Crippen LogP contribution >= 0.6 is 0 Å². The third kappa shape index (κ3) is 3.57. The molecule has 2 aromatic rings. The molecule has 0 aromatic carbocycles. The van der Waals surface area contributed by atoms with Crippen LogP contribution in [0.15, 0.2) is 28.0 Å². The molecule has 9 heteroatoms. The molecule has 0 aliphatic heterocycles. The van der Waals surface area contributed by atoms with Gasteiger partial charge in [0, 0.05) is 31.0 Å². The molecule has 8 nitrogen and oxygen atoms in total. The van der Waals surface area contributed by atoms with Gasteiger partial charge in [-0.1, -0.05) is 0 Å². The van der Waals surface area contributed by atoms with Crippen molar-refractivity contribution in [2.75, 3.05) is 7.05 Å². The number of nitrogens with one attached hydrogen (secondary N) is 3. The lowest BCUT2D eigenvalue weighted by molar-refractivity contribution is 0.0942. The SMILES string of the molecule is CNS(=O)(=O)c1cc(C(=O)NCc2c(C)cc(C)[nH]c2=O)n(C)c1. The van der Waals surface area contributed by atoms with E-state index in [-0.39, 0.29) is 22.7 Å². The van der Waals surface area contributed by atoms with E-state index in [2.05, 4.69) is 15.0 Å². The molecule has 0 radical (unpaired) electrons. The number of H-pyrrole nitrogens is 1. The second-order valence-electron chi connectivity index (χ2n) is 5.51. The second-order valence-corrected chi connectivity index (χ2v) is 7.39. The van der Waals surface area contributed by atoms with E-state index < -0.39 is 15.9 Å². The summed E-state index contributed by atoms with van der Waals surface area (Å²) in [7, 11) is -0.747. The quantitative estimate of drug-likeness (QED) is 0.712. The summed E-state index contributed by atoms with van der Waals surface area (Å²) in [6.45, 7) is 3.63. The zero-order chi connectivity index (χ0) is 18.1. The molecule has 0 aliphatic rings. The van der Waals surface area contributed by atoms with Gasteiger partial charge in [0.2, 0.25) is 10.0 Å². The van der Waals surface area contributed by atoms with Gasteiger partial charge >= 0.3 is 0 Å². The number of aryl methyl sites for hydroxylation is 3. The van der Waals surface area contributed by atoms with E-state index in [0.29, 0.717) is 5.56 Å². The van der Waals surface area contributed by atoms with Gasteiger partial charge in [0.1, 0.15) is 10.6 Å². The Kier molecular flexibility index (Phi) is 4.95. The first-order valence-corrected chi connectivity index (χ1v) is 8.71. The Morgan fingerprint density at radius 1 is 1.29 bits per heavy atom. The molecule has 0 spiro atoms. The van der Waals surface area contributed by atoms with Crippen LogP contribution in [0.1, 0.15) is 27.3 Å². The van der Waals surface area contributed by atoms with Crippen LogP contribution < -0.4 is 15.6 Å². The molecule has 2 aromatic heterocycles. The molecular weight excluding hydrogens is 332 g/mol. The normalized spacial score (nSPS) is 11.5. The molecule has 0 unspecified atom stereocenters. The number of sulfonamides is 1. The topological polar surface area (TPSA) is 113 Å². The third-order valence-electron chi connectivity index (χ3n) is 3.71. The van der Waals surface area contributed by atoms with Gasteiger partial charge in [-0.05, 0) is 38.6 Å². The van der Waals surface area contributed by atoms with Gasteiger partial charge in [-0.25, -0.2) is 13.1 Å². The molecule has 1 amide bonds. The first kappa shape index (κ1) is 18.0. The van der Waals surface area contributed by atoms with Crippen molar-refractivity contribution in [2.24, 2.45) is 7.05 Å². The molecule has 0 bridgehead atoms. The molecule has 24 heavy (non-hydrogen) atoms. The number of amides is 1. The molecule has 2 rings (SSSR count). The summed E-state index contributed by atoms with van der Waals surface area (Å²) in [5.74, 6) is -0.463. The first-order chi connectivity index (χ1) is 11.2.